The number of hydrogen-bond donors (Lipinski definition) is 2. The van der Waals surface area contributed by atoms with Crippen LogP contribution in [0.25, 0.3) is 0 Å². The minimum Gasteiger partial charge on any atom is -0.350 e. The molecule has 7 heteroatoms. The Hall–Kier alpha value is -2.12. The van der Waals surface area contributed by atoms with Gasteiger partial charge >= 0.3 is 6.03 Å². The van der Waals surface area contributed by atoms with Crippen LogP contribution < -0.4 is 10.6 Å². The molecule has 0 unspecified atom stereocenters. The van der Waals surface area contributed by atoms with E-state index >= 15 is 0 Å². The van der Waals surface area contributed by atoms with Gasteiger partial charge in [-0.2, -0.15) is 0 Å². The van der Waals surface area contributed by atoms with Crippen LogP contribution in [-0.2, 0) is 14.3 Å². The summed E-state index contributed by atoms with van der Waals surface area (Å²) in [6, 6.07) is 8.91. The summed E-state index contributed by atoms with van der Waals surface area (Å²) in [5, 5.41) is 5.45. The number of rotatable bonds is 5. The molecule has 2 N–H and O–H groups in total. The maximum Gasteiger partial charge on any atom is 0.319 e. The molecule has 7 nitrogen and oxygen atoms in total. The zero-order valence-corrected chi connectivity index (χ0v) is 14.3. The first kappa shape index (κ1) is 17.7. The largest absolute Gasteiger partial charge is 0.350 e. The normalized spacial score (nSPS) is 19.0. The lowest BCUT2D eigenvalue weighted by Crippen LogP contribution is -2.42. The number of likely N-dealkylation sites (tertiary alicyclic amines) is 1. The van der Waals surface area contributed by atoms with Gasteiger partial charge in [0.05, 0.1) is 13.2 Å². The Balaban J connectivity index is 1.32. The van der Waals surface area contributed by atoms with E-state index in [1.54, 1.807) is 0 Å². The summed E-state index contributed by atoms with van der Waals surface area (Å²) in [5.41, 5.74) is 0.727. The second-order valence-electron chi connectivity index (χ2n) is 6.33. The van der Waals surface area contributed by atoms with E-state index in [2.05, 4.69) is 10.6 Å². The summed E-state index contributed by atoms with van der Waals surface area (Å²) in [5.74, 6) is 0.452. The highest BCUT2D eigenvalue weighted by atomic mass is 16.7. The maximum atomic E-state index is 12.3. The first-order chi connectivity index (χ1) is 12.2. The molecule has 3 amide bonds. The Morgan fingerprint density at radius 2 is 1.76 bits per heavy atom. The number of benzene rings is 1. The van der Waals surface area contributed by atoms with E-state index in [1.807, 2.05) is 35.2 Å². The van der Waals surface area contributed by atoms with Crippen molar-refractivity contribution in [1.29, 1.82) is 0 Å². The van der Waals surface area contributed by atoms with Crippen molar-refractivity contribution in [3.63, 3.8) is 0 Å². The van der Waals surface area contributed by atoms with Crippen LogP contribution >= 0.6 is 0 Å². The topological polar surface area (TPSA) is 79.9 Å². The van der Waals surface area contributed by atoms with Crippen LogP contribution in [0.5, 0.6) is 0 Å². The molecular weight excluding hydrogens is 322 g/mol. The number of amides is 3. The summed E-state index contributed by atoms with van der Waals surface area (Å²) in [7, 11) is 0. The van der Waals surface area contributed by atoms with E-state index in [0.717, 1.165) is 31.6 Å². The van der Waals surface area contributed by atoms with Gasteiger partial charge in [0.1, 0.15) is 0 Å². The van der Waals surface area contributed by atoms with Crippen LogP contribution in [-0.4, -0.2) is 56.0 Å². The molecule has 0 saturated carbocycles. The van der Waals surface area contributed by atoms with Gasteiger partial charge in [-0.05, 0) is 25.0 Å². The van der Waals surface area contributed by atoms with E-state index in [-0.39, 0.29) is 18.2 Å². The summed E-state index contributed by atoms with van der Waals surface area (Å²) < 4.78 is 11.1. The van der Waals surface area contributed by atoms with Gasteiger partial charge in [0, 0.05) is 37.7 Å². The summed E-state index contributed by atoms with van der Waals surface area (Å²) in [6.45, 7) is 3.11. The number of urea groups is 1. The molecule has 136 valence electrons. The van der Waals surface area contributed by atoms with Crippen LogP contribution in [0.4, 0.5) is 10.5 Å². The van der Waals surface area contributed by atoms with Gasteiger partial charge in [-0.15, -0.1) is 0 Å². The van der Waals surface area contributed by atoms with Gasteiger partial charge in [0.2, 0.25) is 5.91 Å². The Labute approximate surface area is 147 Å². The molecule has 0 aromatic heterocycles. The van der Waals surface area contributed by atoms with Crippen molar-refractivity contribution in [2.75, 3.05) is 38.2 Å². The monoisotopic (exact) mass is 347 g/mol. The van der Waals surface area contributed by atoms with Crippen molar-refractivity contribution in [2.24, 2.45) is 5.92 Å². The highest BCUT2D eigenvalue weighted by Crippen LogP contribution is 2.25. The molecule has 2 fully saturated rings. The number of anilines is 1. The van der Waals surface area contributed by atoms with Crippen molar-refractivity contribution in [3.8, 4) is 0 Å². The number of nitrogens with one attached hydrogen (secondary N) is 2. The van der Waals surface area contributed by atoms with E-state index < -0.39 is 0 Å². The highest BCUT2D eigenvalue weighted by molar-refractivity contribution is 5.89. The minimum absolute atomic E-state index is 0.0757. The second-order valence-corrected chi connectivity index (χ2v) is 6.33. The predicted octanol–water partition coefficient (Wildman–Crippen LogP) is 1.81. The fourth-order valence-corrected chi connectivity index (χ4v) is 3.21. The van der Waals surface area contributed by atoms with E-state index in [1.165, 1.54) is 0 Å². The predicted molar refractivity (Wildman–Crippen MR) is 93.1 cm³/mol. The van der Waals surface area contributed by atoms with Gasteiger partial charge in [0.25, 0.3) is 0 Å². The SMILES string of the molecule is O=C(NCCC(=O)N1CCC(C2OCCO2)CC1)Nc1ccccc1. The molecule has 2 saturated heterocycles. The average Bonchev–Trinajstić information content (AvgIpc) is 3.17. The summed E-state index contributed by atoms with van der Waals surface area (Å²) >= 11 is 0. The molecular formula is C18H25N3O4. The van der Waals surface area contributed by atoms with Gasteiger partial charge in [-0.25, -0.2) is 4.79 Å². The lowest BCUT2D eigenvalue weighted by atomic mass is 9.96. The molecule has 1 aromatic carbocycles. The zero-order valence-electron chi connectivity index (χ0n) is 14.3. The Bertz CT molecular complexity index is 567. The van der Waals surface area contributed by atoms with Gasteiger partial charge in [-0.3, -0.25) is 4.79 Å². The smallest absolute Gasteiger partial charge is 0.319 e. The molecule has 0 atom stereocenters. The molecule has 0 spiro atoms. The van der Waals surface area contributed by atoms with E-state index in [4.69, 9.17) is 9.47 Å². The molecule has 0 bridgehead atoms. The maximum absolute atomic E-state index is 12.3. The number of ether oxygens (including phenoxy) is 2. The number of nitrogens with zero attached hydrogens (tertiary/aromatic N) is 1. The number of carbonyl (C=O) groups excluding carboxylic acids is 2. The molecule has 2 aliphatic heterocycles. The van der Waals surface area contributed by atoms with Crippen molar-refractivity contribution >= 4 is 17.6 Å². The molecule has 25 heavy (non-hydrogen) atoms. The minimum atomic E-state index is -0.298. The molecule has 0 radical (unpaired) electrons. The third kappa shape index (κ3) is 5.17. The Morgan fingerprint density at radius 1 is 1.08 bits per heavy atom. The average molecular weight is 347 g/mol. The molecule has 2 aliphatic rings. The third-order valence-electron chi connectivity index (χ3n) is 4.58. The molecule has 1 aromatic rings. The molecule has 0 aliphatic carbocycles. The molecule has 2 heterocycles. The van der Waals surface area contributed by atoms with E-state index in [9.17, 15) is 9.59 Å². The fourth-order valence-electron chi connectivity index (χ4n) is 3.21. The van der Waals surface area contributed by atoms with Gasteiger partial charge < -0.3 is 25.0 Å². The first-order valence-corrected chi connectivity index (χ1v) is 8.83. The number of para-hydroxylation sites is 1. The van der Waals surface area contributed by atoms with Crippen LogP contribution in [0.15, 0.2) is 30.3 Å². The third-order valence-corrected chi connectivity index (χ3v) is 4.58. The van der Waals surface area contributed by atoms with Crippen LogP contribution in [0, 0.1) is 5.92 Å². The van der Waals surface area contributed by atoms with Gasteiger partial charge in [-0.1, -0.05) is 18.2 Å². The lowest BCUT2D eigenvalue weighted by molar-refractivity contribution is -0.136. The van der Waals surface area contributed by atoms with E-state index in [0.29, 0.717) is 32.1 Å². The van der Waals surface area contributed by atoms with Crippen molar-refractivity contribution < 1.29 is 19.1 Å². The first-order valence-electron chi connectivity index (χ1n) is 8.83. The number of hydrogen-bond acceptors (Lipinski definition) is 4. The van der Waals surface area contributed by atoms with Crippen LogP contribution in [0.1, 0.15) is 19.3 Å². The summed E-state index contributed by atoms with van der Waals surface area (Å²) in [6.07, 6.45) is 2.01. The zero-order chi connectivity index (χ0) is 17.5. The van der Waals surface area contributed by atoms with Crippen molar-refractivity contribution in [1.82, 2.24) is 10.2 Å². The van der Waals surface area contributed by atoms with Crippen molar-refractivity contribution in [2.45, 2.75) is 25.6 Å². The second kappa shape index (κ2) is 8.82. The Morgan fingerprint density at radius 3 is 2.44 bits per heavy atom. The Kier molecular flexibility index (Phi) is 6.25. The van der Waals surface area contributed by atoms with Crippen molar-refractivity contribution in [3.05, 3.63) is 30.3 Å². The quantitative estimate of drug-likeness (QED) is 0.851. The lowest BCUT2D eigenvalue weighted by Gasteiger charge is -2.33. The van der Waals surface area contributed by atoms with Crippen LogP contribution in [0.2, 0.25) is 0 Å². The molecule has 3 rings (SSSR count). The summed E-state index contributed by atoms with van der Waals surface area (Å²) in [4.78, 5) is 25.9. The fraction of sp³-hybridized carbons (Fsp3) is 0.556. The highest BCUT2D eigenvalue weighted by Gasteiger charge is 2.31. The number of carbonyl (C=O) groups is 2. The number of piperidine rings is 1. The standard InChI is InChI=1S/C18H25N3O4/c22-16(6-9-19-18(23)20-15-4-2-1-3-5-15)21-10-7-14(8-11-21)17-24-12-13-25-17/h1-5,14,17H,6-13H2,(H2,19,20,23). The van der Waals surface area contributed by atoms with Gasteiger partial charge in [0.15, 0.2) is 6.29 Å². The van der Waals surface area contributed by atoms with Crippen LogP contribution in [0.3, 0.4) is 0 Å².